The molecule has 268 valence electrons. The van der Waals surface area contributed by atoms with Gasteiger partial charge in [-0.1, -0.05) is 11.6 Å². The molecule has 3 aliphatic heterocycles. The van der Waals surface area contributed by atoms with Crippen LogP contribution in [0.15, 0.2) is 39.5 Å². The Balaban J connectivity index is 1.12. The van der Waals surface area contributed by atoms with Gasteiger partial charge in [-0.05, 0) is 81.5 Å². The summed E-state index contributed by atoms with van der Waals surface area (Å²) in [5, 5.41) is 1.14. The lowest BCUT2D eigenvalue weighted by Gasteiger charge is -2.40. The fraction of sp³-hybridized carbons (Fsp3) is 0.514. The Morgan fingerprint density at radius 1 is 1.02 bits per heavy atom. The molecule has 2 aromatic carbocycles. The van der Waals surface area contributed by atoms with E-state index in [0.717, 1.165) is 68.4 Å². The Kier molecular flexibility index (Phi) is 9.83. The number of amides is 2. The molecule has 4 aliphatic rings. The number of carbonyl (C=O) groups is 2. The number of halogens is 1. The quantitative estimate of drug-likeness (QED) is 0.326. The molecule has 0 spiro atoms. The molecule has 50 heavy (non-hydrogen) atoms. The monoisotopic (exact) mass is 727 g/mol. The maximum absolute atomic E-state index is 13.9. The van der Waals surface area contributed by atoms with Crippen LogP contribution in [0.4, 0.5) is 5.69 Å². The van der Waals surface area contributed by atoms with Crippen LogP contribution in [0.5, 0.6) is 5.75 Å². The van der Waals surface area contributed by atoms with E-state index in [0.29, 0.717) is 48.8 Å². The summed E-state index contributed by atoms with van der Waals surface area (Å²) in [5.74, 6) is -1.01. The van der Waals surface area contributed by atoms with Gasteiger partial charge in [0.05, 0.1) is 42.1 Å². The van der Waals surface area contributed by atoms with Crippen molar-refractivity contribution in [1.29, 1.82) is 0 Å². The molecule has 1 aliphatic carbocycles. The molecule has 15 heteroatoms. The lowest BCUT2D eigenvalue weighted by molar-refractivity contribution is 0.0729. The summed E-state index contributed by atoms with van der Waals surface area (Å²) in [6.45, 7) is 4.01. The number of carbonyl (C=O) groups excluding carboxylic acids is 2. The standard InChI is InChI=1S/C35H42ClN5O8S/c1-38-16-17-39(19-23(38)21-47-2)29-11-10-26-25-12-15-40(20-28(25)35(44)49-32(26)31(29)36)34(43)22-8-9-27(30(18-22)48-24-6-5-7-24)33(42)37-50(45,46)41-13-3-4-14-41/h8-11,18,23-24H,3-7,12-17,19-21H2,1-2H3,(H,37,42)/t23-/m1/s1. The smallest absolute Gasteiger partial charge is 0.341 e. The molecule has 4 heterocycles. The summed E-state index contributed by atoms with van der Waals surface area (Å²) in [6, 6.07) is 8.51. The van der Waals surface area contributed by atoms with Crippen molar-refractivity contribution in [1.82, 2.24) is 18.8 Å². The SMILES string of the molecule is COC[C@H]1CN(c2ccc3c4c(c(=O)oc3c2Cl)CN(C(=O)c2ccc(C(=O)NS(=O)(=O)N3CCCC3)c(OC3CCC3)c2)CC4)CCN1C. The molecule has 1 saturated carbocycles. The number of hydrogen-bond donors (Lipinski definition) is 1. The van der Waals surface area contributed by atoms with Gasteiger partial charge in [0.15, 0.2) is 5.58 Å². The average Bonchev–Trinajstić information content (AvgIpc) is 3.64. The highest BCUT2D eigenvalue weighted by molar-refractivity contribution is 7.87. The van der Waals surface area contributed by atoms with Gasteiger partial charge in [-0.3, -0.25) is 14.5 Å². The Morgan fingerprint density at radius 3 is 2.52 bits per heavy atom. The number of nitrogens with zero attached hydrogens (tertiary/aromatic N) is 4. The van der Waals surface area contributed by atoms with Crippen LogP contribution >= 0.6 is 11.6 Å². The van der Waals surface area contributed by atoms with Gasteiger partial charge >= 0.3 is 15.8 Å². The summed E-state index contributed by atoms with van der Waals surface area (Å²) in [7, 11) is -0.245. The number of nitrogens with one attached hydrogen (secondary N) is 1. The van der Waals surface area contributed by atoms with Crippen LogP contribution in [0.2, 0.25) is 5.02 Å². The molecule has 13 nitrogen and oxygen atoms in total. The van der Waals surface area contributed by atoms with Crippen LogP contribution in [-0.2, 0) is 27.9 Å². The van der Waals surface area contributed by atoms with E-state index < -0.39 is 21.7 Å². The highest BCUT2D eigenvalue weighted by Gasteiger charge is 2.33. The maximum atomic E-state index is 13.9. The summed E-state index contributed by atoms with van der Waals surface area (Å²) in [6.07, 6.45) is 4.35. The van der Waals surface area contributed by atoms with E-state index >= 15 is 0 Å². The first-order chi connectivity index (χ1) is 24.0. The third-order valence-electron chi connectivity index (χ3n) is 10.4. The Hall–Kier alpha value is -3.69. The van der Waals surface area contributed by atoms with E-state index in [4.69, 9.17) is 25.5 Å². The van der Waals surface area contributed by atoms with Gasteiger partial charge in [0.2, 0.25) is 0 Å². The molecule has 1 atom stereocenters. The normalized spacial score (nSPS) is 20.5. The van der Waals surface area contributed by atoms with Gasteiger partial charge < -0.3 is 23.7 Å². The van der Waals surface area contributed by atoms with E-state index in [1.54, 1.807) is 12.0 Å². The zero-order valence-corrected chi connectivity index (χ0v) is 29.9. The van der Waals surface area contributed by atoms with Gasteiger partial charge in [0, 0.05) is 57.3 Å². The number of fused-ring (bicyclic) bond motifs is 3. The molecule has 3 aromatic rings. The van der Waals surface area contributed by atoms with Crippen molar-refractivity contribution in [3.63, 3.8) is 0 Å². The highest BCUT2D eigenvalue weighted by atomic mass is 35.5. The fourth-order valence-electron chi connectivity index (χ4n) is 7.20. The summed E-state index contributed by atoms with van der Waals surface area (Å²) < 4.78 is 46.4. The molecule has 2 saturated heterocycles. The third kappa shape index (κ3) is 6.71. The summed E-state index contributed by atoms with van der Waals surface area (Å²) >= 11 is 6.92. The van der Waals surface area contributed by atoms with Crippen molar-refractivity contribution >= 4 is 50.3 Å². The van der Waals surface area contributed by atoms with Gasteiger partial charge in [-0.2, -0.15) is 12.7 Å². The van der Waals surface area contributed by atoms with Crippen molar-refractivity contribution in [2.75, 3.05) is 64.9 Å². The van der Waals surface area contributed by atoms with Gasteiger partial charge in [-0.15, -0.1) is 0 Å². The van der Waals surface area contributed by atoms with Crippen molar-refractivity contribution in [2.45, 2.75) is 57.2 Å². The third-order valence-corrected chi connectivity index (χ3v) is 12.3. The lowest BCUT2D eigenvalue weighted by Crippen LogP contribution is -2.53. The molecule has 0 unspecified atom stereocenters. The predicted octanol–water partition coefficient (Wildman–Crippen LogP) is 3.41. The Labute approximate surface area is 296 Å². The van der Waals surface area contributed by atoms with E-state index in [-0.39, 0.29) is 41.5 Å². The molecular formula is C35H42ClN5O8S. The van der Waals surface area contributed by atoms with Crippen molar-refractivity contribution in [2.24, 2.45) is 0 Å². The van der Waals surface area contributed by atoms with Crippen molar-refractivity contribution in [3.05, 3.63) is 68.0 Å². The number of anilines is 1. The first-order valence-corrected chi connectivity index (χ1v) is 19.0. The van der Waals surface area contributed by atoms with E-state index in [2.05, 4.69) is 21.6 Å². The van der Waals surface area contributed by atoms with Crippen LogP contribution in [0.3, 0.4) is 0 Å². The van der Waals surface area contributed by atoms with Gasteiger partial charge in [0.25, 0.3) is 11.8 Å². The number of likely N-dealkylation sites (N-methyl/N-ethyl adjacent to an activating group) is 1. The highest BCUT2D eigenvalue weighted by Crippen LogP contribution is 2.37. The first-order valence-electron chi connectivity index (χ1n) is 17.2. The first kappa shape index (κ1) is 34.7. The Morgan fingerprint density at radius 2 is 1.80 bits per heavy atom. The van der Waals surface area contributed by atoms with E-state index in [1.165, 1.54) is 22.5 Å². The molecule has 1 N–H and O–H groups in total. The van der Waals surface area contributed by atoms with Gasteiger partial charge in [0.1, 0.15) is 10.8 Å². The zero-order chi connectivity index (χ0) is 35.2. The average molecular weight is 728 g/mol. The molecule has 0 bridgehead atoms. The fourth-order valence-corrected chi connectivity index (χ4v) is 8.73. The van der Waals surface area contributed by atoms with Crippen LogP contribution in [0.1, 0.15) is 63.9 Å². The summed E-state index contributed by atoms with van der Waals surface area (Å²) in [4.78, 5) is 46.5. The second kappa shape index (κ2) is 14.1. The topological polar surface area (TPSA) is 142 Å². The predicted molar refractivity (Wildman–Crippen MR) is 188 cm³/mol. The van der Waals surface area contributed by atoms with Crippen LogP contribution in [0.25, 0.3) is 11.0 Å². The second-order valence-corrected chi connectivity index (χ2v) is 15.6. The van der Waals surface area contributed by atoms with Crippen LogP contribution in [0, 0.1) is 0 Å². The minimum atomic E-state index is -4.01. The largest absolute Gasteiger partial charge is 0.490 e. The number of methoxy groups -OCH3 is 1. The molecular weight excluding hydrogens is 686 g/mol. The molecule has 1 aromatic heterocycles. The number of piperazine rings is 1. The maximum Gasteiger partial charge on any atom is 0.341 e. The minimum absolute atomic E-state index is 0.0364. The number of ether oxygens (including phenoxy) is 2. The van der Waals surface area contributed by atoms with Crippen LogP contribution < -0.4 is 20.0 Å². The number of rotatable bonds is 9. The van der Waals surface area contributed by atoms with Gasteiger partial charge in [-0.25, -0.2) is 9.52 Å². The molecule has 2 amide bonds. The molecule has 0 radical (unpaired) electrons. The lowest BCUT2D eigenvalue weighted by atomic mass is 9.95. The Bertz CT molecular complexity index is 1980. The minimum Gasteiger partial charge on any atom is -0.490 e. The zero-order valence-electron chi connectivity index (χ0n) is 28.3. The van der Waals surface area contributed by atoms with Crippen molar-refractivity contribution in [3.8, 4) is 5.75 Å². The summed E-state index contributed by atoms with van der Waals surface area (Å²) in [5.41, 5.74) is 2.11. The van der Waals surface area contributed by atoms with Crippen molar-refractivity contribution < 1.29 is 31.9 Å². The van der Waals surface area contributed by atoms with E-state index in [9.17, 15) is 22.8 Å². The molecule has 7 rings (SSSR count). The van der Waals surface area contributed by atoms with E-state index in [1.807, 2.05) is 12.1 Å². The number of benzene rings is 2. The second-order valence-electron chi connectivity index (χ2n) is 13.6. The number of hydrogen-bond acceptors (Lipinski definition) is 10. The van der Waals surface area contributed by atoms with Crippen LogP contribution in [-0.4, -0.2) is 107 Å². The molecule has 3 fully saturated rings.